The number of aliphatic hydroxyl groups excluding tert-OH is 1. The molecule has 2 aromatic rings. The van der Waals surface area contributed by atoms with Gasteiger partial charge in [-0.3, -0.25) is 9.59 Å². The van der Waals surface area contributed by atoms with Gasteiger partial charge in [0.2, 0.25) is 5.91 Å². The lowest BCUT2D eigenvalue weighted by atomic mass is 9.89. The van der Waals surface area contributed by atoms with Gasteiger partial charge >= 0.3 is 12.1 Å². The van der Waals surface area contributed by atoms with Gasteiger partial charge < -0.3 is 25.6 Å². The van der Waals surface area contributed by atoms with Crippen molar-refractivity contribution in [1.29, 1.82) is 0 Å². The summed E-state index contributed by atoms with van der Waals surface area (Å²) in [5, 5.41) is 23.3. The molecule has 0 fully saturated rings. The average molecular weight is 455 g/mol. The molecule has 33 heavy (non-hydrogen) atoms. The molecule has 4 N–H and O–H groups in total. The topological polar surface area (TPSA) is 125 Å². The second-order valence-electron chi connectivity index (χ2n) is 8.98. The van der Waals surface area contributed by atoms with Gasteiger partial charge in [-0.15, -0.1) is 0 Å². The van der Waals surface area contributed by atoms with Gasteiger partial charge in [-0.25, -0.2) is 4.79 Å². The van der Waals surface area contributed by atoms with Gasteiger partial charge in [-0.1, -0.05) is 62.4 Å². The standard InChI is InChI=1S/C25H30N2O6/c1-25(2,11-12-28)15-26-23(31)21(13-22(29)30)27-24(32)33-14-20-18-9-5-3-7-16(18)17-8-4-6-10-19(17)20/h3-10,20-21,28H,11-15H2,1-2H3,(H,26,31)(H,27,32)(H,29,30). The molecule has 0 spiro atoms. The highest BCUT2D eigenvalue weighted by Crippen LogP contribution is 2.44. The van der Waals surface area contributed by atoms with Gasteiger partial charge in [0.25, 0.3) is 0 Å². The van der Waals surface area contributed by atoms with E-state index in [1.807, 2.05) is 62.4 Å². The maximum atomic E-state index is 12.5. The molecular weight excluding hydrogens is 424 g/mol. The van der Waals surface area contributed by atoms with Crippen molar-refractivity contribution in [3.63, 3.8) is 0 Å². The van der Waals surface area contributed by atoms with Gasteiger partial charge in [-0.05, 0) is 34.1 Å². The van der Waals surface area contributed by atoms with E-state index in [0.29, 0.717) is 6.42 Å². The molecule has 176 valence electrons. The molecule has 0 aliphatic heterocycles. The smallest absolute Gasteiger partial charge is 0.407 e. The number of carbonyl (C=O) groups is 3. The van der Waals surface area contributed by atoms with E-state index in [0.717, 1.165) is 22.3 Å². The molecule has 0 radical (unpaired) electrons. The summed E-state index contributed by atoms with van der Waals surface area (Å²) in [6.07, 6.45) is -0.958. The minimum absolute atomic E-state index is 0.0283. The lowest BCUT2D eigenvalue weighted by Gasteiger charge is -2.25. The number of carboxylic acids is 1. The zero-order chi connectivity index (χ0) is 24.0. The Kier molecular flexibility index (Phi) is 7.71. The Morgan fingerprint density at radius 2 is 1.61 bits per heavy atom. The number of alkyl carbamates (subject to hydrolysis) is 1. The van der Waals surface area contributed by atoms with Crippen LogP contribution in [0.4, 0.5) is 4.79 Å². The molecule has 8 nitrogen and oxygen atoms in total. The van der Waals surface area contributed by atoms with Crippen molar-refractivity contribution in [2.75, 3.05) is 19.8 Å². The third-order valence-electron chi connectivity index (χ3n) is 5.86. The van der Waals surface area contributed by atoms with Crippen LogP contribution in [-0.2, 0) is 14.3 Å². The Hall–Kier alpha value is -3.39. The Balaban J connectivity index is 1.63. The molecule has 0 bridgehead atoms. The number of ether oxygens (including phenoxy) is 1. The first kappa shape index (κ1) is 24.3. The normalized spacial score (nSPS) is 13.5. The summed E-state index contributed by atoms with van der Waals surface area (Å²) in [6.45, 7) is 4.00. The third-order valence-corrected chi connectivity index (χ3v) is 5.86. The number of hydrogen-bond donors (Lipinski definition) is 4. The fraction of sp³-hybridized carbons (Fsp3) is 0.400. The third kappa shape index (κ3) is 6.10. The van der Waals surface area contributed by atoms with Crippen molar-refractivity contribution >= 4 is 18.0 Å². The van der Waals surface area contributed by atoms with Crippen molar-refractivity contribution in [3.8, 4) is 11.1 Å². The van der Waals surface area contributed by atoms with Crippen LogP contribution in [0.2, 0.25) is 0 Å². The van der Waals surface area contributed by atoms with E-state index in [1.165, 1.54) is 0 Å². The SMILES string of the molecule is CC(C)(CCO)CNC(=O)C(CC(=O)O)NC(=O)OCC1c2ccccc2-c2ccccc21. The molecule has 1 aliphatic carbocycles. The molecule has 1 aliphatic rings. The second-order valence-corrected chi connectivity index (χ2v) is 8.98. The molecule has 2 aromatic carbocycles. The van der Waals surface area contributed by atoms with Crippen LogP contribution in [0, 0.1) is 5.41 Å². The molecular formula is C25H30N2O6. The van der Waals surface area contributed by atoms with Gasteiger partial charge in [0.1, 0.15) is 12.6 Å². The summed E-state index contributed by atoms with van der Waals surface area (Å²) in [7, 11) is 0. The summed E-state index contributed by atoms with van der Waals surface area (Å²) in [5.74, 6) is -1.98. The monoisotopic (exact) mass is 454 g/mol. The largest absolute Gasteiger partial charge is 0.481 e. The maximum Gasteiger partial charge on any atom is 0.407 e. The van der Waals surface area contributed by atoms with E-state index in [9.17, 15) is 19.5 Å². The number of carbonyl (C=O) groups excluding carboxylic acids is 2. The second kappa shape index (κ2) is 10.5. The minimum atomic E-state index is -1.27. The van der Waals surface area contributed by atoms with Crippen LogP contribution in [-0.4, -0.2) is 54.0 Å². The van der Waals surface area contributed by atoms with Crippen LogP contribution in [0.1, 0.15) is 43.7 Å². The summed E-state index contributed by atoms with van der Waals surface area (Å²) >= 11 is 0. The van der Waals surface area contributed by atoms with E-state index in [1.54, 1.807) is 0 Å². The predicted octanol–water partition coefficient (Wildman–Crippen LogP) is 2.89. The first-order valence-electron chi connectivity index (χ1n) is 10.9. The Morgan fingerprint density at radius 1 is 1.03 bits per heavy atom. The molecule has 3 rings (SSSR count). The number of aliphatic carboxylic acids is 1. The Labute approximate surface area is 193 Å². The molecule has 1 unspecified atom stereocenters. The molecule has 1 atom stereocenters. The number of rotatable bonds is 10. The zero-order valence-corrected chi connectivity index (χ0v) is 18.8. The van der Waals surface area contributed by atoms with Crippen LogP contribution in [0.25, 0.3) is 11.1 Å². The zero-order valence-electron chi connectivity index (χ0n) is 18.8. The summed E-state index contributed by atoms with van der Waals surface area (Å²) in [4.78, 5) is 36.3. The van der Waals surface area contributed by atoms with Gasteiger partial charge in [0.05, 0.1) is 6.42 Å². The van der Waals surface area contributed by atoms with Crippen LogP contribution in [0.3, 0.4) is 0 Å². The van der Waals surface area contributed by atoms with Crippen LogP contribution < -0.4 is 10.6 Å². The number of amides is 2. The highest BCUT2D eigenvalue weighted by atomic mass is 16.5. The lowest BCUT2D eigenvalue weighted by Crippen LogP contribution is -2.49. The minimum Gasteiger partial charge on any atom is -0.481 e. The van der Waals surface area contributed by atoms with E-state index >= 15 is 0 Å². The van der Waals surface area contributed by atoms with Crippen molar-refractivity contribution in [1.82, 2.24) is 10.6 Å². The Bertz CT molecular complexity index is 974. The van der Waals surface area contributed by atoms with Crippen LogP contribution in [0.15, 0.2) is 48.5 Å². The van der Waals surface area contributed by atoms with E-state index in [2.05, 4.69) is 10.6 Å². The fourth-order valence-corrected chi connectivity index (χ4v) is 4.01. The lowest BCUT2D eigenvalue weighted by molar-refractivity contribution is -0.139. The van der Waals surface area contributed by atoms with E-state index in [4.69, 9.17) is 9.84 Å². The molecule has 0 saturated heterocycles. The van der Waals surface area contributed by atoms with E-state index in [-0.39, 0.29) is 31.1 Å². The number of benzene rings is 2. The average Bonchev–Trinajstić information content (AvgIpc) is 3.09. The van der Waals surface area contributed by atoms with Crippen molar-refractivity contribution in [3.05, 3.63) is 59.7 Å². The quantitative estimate of drug-likeness (QED) is 0.438. The molecule has 0 heterocycles. The summed E-state index contributed by atoms with van der Waals surface area (Å²) in [5.41, 5.74) is 3.92. The molecule has 2 amide bonds. The predicted molar refractivity (Wildman–Crippen MR) is 123 cm³/mol. The maximum absolute atomic E-state index is 12.5. The van der Waals surface area contributed by atoms with Crippen LogP contribution >= 0.6 is 0 Å². The number of nitrogens with one attached hydrogen (secondary N) is 2. The van der Waals surface area contributed by atoms with Crippen LogP contribution in [0.5, 0.6) is 0 Å². The summed E-state index contributed by atoms with van der Waals surface area (Å²) in [6, 6.07) is 14.6. The molecule has 0 aromatic heterocycles. The van der Waals surface area contributed by atoms with Gasteiger partial charge in [-0.2, -0.15) is 0 Å². The van der Waals surface area contributed by atoms with Gasteiger partial charge in [0.15, 0.2) is 0 Å². The highest BCUT2D eigenvalue weighted by Gasteiger charge is 2.30. The first-order chi connectivity index (χ1) is 15.7. The van der Waals surface area contributed by atoms with Crippen molar-refractivity contribution in [2.45, 2.75) is 38.6 Å². The van der Waals surface area contributed by atoms with E-state index < -0.39 is 30.4 Å². The fourth-order valence-electron chi connectivity index (χ4n) is 4.01. The van der Waals surface area contributed by atoms with Crippen molar-refractivity contribution < 1.29 is 29.3 Å². The number of carboxylic acid groups (broad SMARTS) is 1. The number of hydrogen-bond acceptors (Lipinski definition) is 5. The molecule has 0 saturated carbocycles. The van der Waals surface area contributed by atoms with Gasteiger partial charge in [0, 0.05) is 19.1 Å². The number of aliphatic hydroxyl groups is 1. The summed E-state index contributed by atoms with van der Waals surface area (Å²) < 4.78 is 5.43. The highest BCUT2D eigenvalue weighted by molar-refractivity contribution is 5.89. The Morgan fingerprint density at radius 3 is 2.15 bits per heavy atom. The molecule has 8 heteroatoms. The number of fused-ring (bicyclic) bond motifs is 3. The first-order valence-corrected chi connectivity index (χ1v) is 10.9. The van der Waals surface area contributed by atoms with Crippen molar-refractivity contribution in [2.24, 2.45) is 5.41 Å².